The van der Waals surface area contributed by atoms with Crippen molar-refractivity contribution in [2.24, 2.45) is 0 Å². The Hall–Kier alpha value is -3.01. The van der Waals surface area contributed by atoms with Gasteiger partial charge in [-0.2, -0.15) is 13.2 Å². The van der Waals surface area contributed by atoms with E-state index in [0.717, 1.165) is 12.1 Å². The number of aromatic hydroxyl groups is 1. The van der Waals surface area contributed by atoms with Crippen molar-refractivity contribution >= 4 is 38.5 Å². The second kappa shape index (κ2) is 7.60. The number of ether oxygens (including phenoxy) is 1. The number of benzene rings is 2. The van der Waals surface area contributed by atoms with Gasteiger partial charge in [0.15, 0.2) is 5.56 Å². The lowest BCUT2D eigenvalue weighted by atomic mass is 10.00. The van der Waals surface area contributed by atoms with Crippen molar-refractivity contribution in [1.29, 1.82) is 0 Å². The zero-order chi connectivity index (χ0) is 22.5. The van der Waals surface area contributed by atoms with Crippen molar-refractivity contribution in [3.05, 3.63) is 67.9 Å². The Labute approximate surface area is 182 Å². The molecule has 0 radical (unpaired) electrons. The third-order valence-corrected chi connectivity index (χ3v) is 5.81. The van der Waals surface area contributed by atoms with Gasteiger partial charge in [0.1, 0.15) is 5.75 Å². The second-order valence-electron chi connectivity index (χ2n) is 7.00. The molecule has 1 aliphatic rings. The first kappa shape index (κ1) is 21.2. The monoisotopic (exact) mass is 496 g/mol. The zero-order valence-electron chi connectivity index (χ0n) is 16.1. The molecule has 1 aliphatic heterocycles. The molecular weight excluding hydrogens is 481 g/mol. The van der Waals surface area contributed by atoms with Gasteiger partial charge in [0, 0.05) is 9.86 Å². The van der Waals surface area contributed by atoms with Gasteiger partial charge in [-0.05, 0) is 52.7 Å². The molecule has 3 aromatic rings. The first-order valence-electron chi connectivity index (χ1n) is 9.32. The number of nitrogens with one attached hydrogen (secondary N) is 1. The molecule has 1 atom stereocenters. The summed E-state index contributed by atoms with van der Waals surface area (Å²) >= 11 is 3.40. The summed E-state index contributed by atoms with van der Waals surface area (Å²) in [4.78, 5) is 25.4. The Morgan fingerprint density at radius 2 is 1.94 bits per heavy atom. The highest BCUT2D eigenvalue weighted by atomic mass is 79.9. The zero-order valence-corrected chi connectivity index (χ0v) is 17.7. The van der Waals surface area contributed by atoms with Crippen LogP contribution in [0.25, 0.3) is 10.9 Å². The van der Waals surface area contributed by atoms with E-state index in [4.69, 9.17) is 4.74 Å². The van der Waals surface area contributed by atoms with Crippen LogP contribution in [0.15, 0.2) is 45.7 Å². The number of carbonyl (C=O) groups excluding carboxylic acids is 1. The first-order valence-corrected chi connectivity index (χ1v) is 10.1. The SMILES string of the molecule is CCOC(=O)c1c(O)c2ccc(Br)c3c2n(c1=O)CC(c1ccc(C(F)(F)F)cc1)N3. The summed E-state index contributed by atoms with van der Waals surface area (Å²) in [7, 11) is 0. The van der Waals surface area contributed by atoms with Gasteiger partial charge in [0.25, 0.3) is 5.56 Å². The smallest absolute Gasteiger partial charge is 0.416 e. The molecule has 2 heterocycles. The first-order chi connectivity index (χ1) is 14.6. The average molecular weight is 497 g/mol. The maximum absolute atomic E-state index is 13.1. The fourth-order valence-corrected chi connectivity index (χ4v) is 4.14. The highest BCUT2D eigenvalue weighted by molar-refractivity contribution is 9.10. The summed E-state index contributed by atoms with van der Waals surface area (Å²) < 4.78 is 45.6. The predicted molar refractivity (Wildman–Crippen MR) is 111 cm³/mol. The molecular formula is C21H16BrF3N2O4. The minimum Gasteiger partial charge on any atom is -0.506 e. The van der Waals surface area contributed by atoms with Crippen LogP contribution in [0.5, 0.6) is 5.75 Å². The molecule has 2 aromatic carbocycles. The van der Waals surface area contributed by atoms with E-state index in [0.29, 0.717) is 21.2 Å². The fraction of sp³-hybridized carbons (Fsp3) is 0.238. The van der Waals surface area contributed by atoms with E-state index in [1.54, 1.807) is 19.1 Å². The molecule has 0 aliphatic carbocycles. The van der Waals surface area contributed by atoms with Crippen molar-refractivity contribution in [2.75, 3.05) is 11.9 Å². The van der Waals surface area contributed by atoms with Crippen LogP contribution < -0.4 is 10.9 Å². The molecule has 0 saturated heterocycles. The lowest BCUT2D eigenvalue weighted by Gasteiger charge is -2.30. The van der Waals surface area contributed by atoms with Gasteiger partial charge >= 0.3 is 12.1 Å². The largest absolute Gasteiger partial charge is 0.506 e. The Balaban J connectivity index is 1.87. The minimum absolute atomic E-state index is 0.0249. The average Bonchev–Trinajstić information content (AvgIpc) is 2.72. The van der Waals surface area contributed by atoms with E-state index < -0.39 is 40.6 Å². The molecule has 10 heteroatoms. The van der Waals surface area contributed by atoms with Gasteiger partial charge in [-0.15, -0.1) is 0 Å². The van der Waals surface area contributed by atoms with Crippen LogP contribution in [0.2, 0.25) is 0 Å². The van der Waals surface area contributed by atoms with Crippen molar-refractivity contribution < 1.29 is 27.8 Å². The lowest BCUT2D eigenvalue weighted by molar-refractivity contribution is -0.137. The number of aromatic nitrogens is 1. The number of hydrogen-bond donors (Lipinski definition) is 2. The number of nitrogens with zero attached hydrogens (tertiary/aromatic N) is 1. The van der Waals surface area contributed by atoms with Crippen molar-refractivity contribution in [3.63, 3.8) is 0 Å². The van der Waals surface area contributed by atoms with E-state index in [1.165, 1.54) is 16.7 Å². The highest BCUT2D eigenvalue weighted by Gasteiger charge is 2.32. The summed E-state index contributed by atoms with van der Waals surface area (Å²) in [6, 6.07) is 7.31. The van der Waals surface area contributed by atoms with Gasteiger partial charge in [0.05, 0.1) is 36.0 Å². The lowest BCUT2D eigenvalue weighted by Crippen LogP contribution is -2.34. The van der Waals surface area contributed by atoms with E-state index in [1.807, 2.05) is 0 Å². The fourth-order valence-electron chi connectivity index (χ4n) is 3.70. The summed E-state index contributed by atoms with van der Waals surface area (Å²) in [6.07, 6.45) is -4.46. The second-order valence-corrected chi connectivity index (χ2v) is 7.85. The summed E-state index contributed by atoms with van der Waals surface area (Å²) in [5.41, 5.74) is -0.593. The topological polar surface area (TPSA) is 80.6 Å². The molecule has 1 aromatic heterocycles. The predicted octanol–water partition coefficient (Wildman–Crippen LogP) is 4.83. The Bertz CT molecular complexity index is 1250. The van der Waals surface area contributed by atoms with Gasteiger partial charge < -0.3 is 19.7 Å². The van der Waals surface area contributed by atoms with E-state index in [-0.39, 0.29) is 18.5 Å². The maximum atomic E-state index is 13.1. The number of pyridine rings is 1. The number of halogens is 4. The Morgan fingerprint density at radius 3 is 2.55 bits per heavy atom. The van der Waals surface area contributed by atoms with E-state index in [2.05, 4.69) is 21.2 Å². The van der Waals surface area contributed by atoms with Gasteiger partial charge in [0.2, 0.25) is 0 Å². The molecule has 31 heavy (non-hydrogen) atoms. The van der Waals surface area contributed by atoms with Crippen LogP contribution in [0.4, 0.5) is 18.9 Å². The van der Waals surface area contributed by atoms with Gasteiger partial charge in [-0.1, -0.05) is 12.1 Å². The van der Waals surface area contributed by atoms with Crippen molar-refractivity contribution in [2.45, 2.75) is 25.7 Å². The number of rotatable bonds is 3. The Kier molecular flexibility index (Phi) is 5.20. The van der Waals surface area contributed by atoms with Crippen LogP contribution in [0.3, 0.4) is 0 Å². The number of carbonyl (C=O) groups is 1. The van der Waals surface area contributed by atoms with Crippen LogP contribution in [-0.4, -0.2) is 22.2 Å². The molecule has 0 saturated carbocycles. The molecule has 1 unspecified atom stereocenters. The third-order valence-electron chi connectivity index (χ3n) is 5.15. The number of esters is 1. The molecule has 0 spiro atoms. The van der Waals surface area contributed by atoms with Crippen molar-refractivity contribution in [1.82, 2.24) is 4.57 Å². The normalized spacial score (nSPS) is 15.6. The van der Waals surface area contributed by atoms with Gasteiger partial charge in [-0.25, -0.2) is 4.79 Å². The number of anilines is 1. The van der Waals surface area contributed by atoms with E-state index in [9.17, 15) is 27.9 Å². The maximum Gasteiger partial charge on any atom is 0.416 e. The standard InChI is InChI=1S/C21H16BrF3N2O4/c1-2-31-20(30)15-18(28)12-7-8-13(22)16-17(12)27(19(15)29)9-14(26-16)10-3-5-11(6-4-10)21(23,24)25/h3-8,14,26,28H,2,9H2,1H3. The summed E-state index contributed by atoms with van der Waals surface area (Å²) in [5, 5.41) is 14.1. The Morgan fingerprint density at radius 1 is 1.26 bits per heavy atom. The molecule has 4 rings (SSSR count). The number of hydrogen-bond acceptors (Lipinski definition) is 5. The molecule has 162 valence electrons. The summed E-state index contributed by atoms with van der Waals surface area (Å²) in [6.45, 7) is 1.64. The molecule has 0 amide bonds. The van der Waals surface area contributed by atoms with Crippen LogP contribution >= 0.6 is 15.9 Å². The summed E-state index contributed by atoms with van der Waals surface area (Å²) in [5.74, 6) is -1.41. The minimum atomic E-state index is -4.46. The van der Waals surface area contributed by atoms with Gasteiger partial charge in [-0.3, -0.25) is 4.79 Å². The quantitative estimate of drug-likeness (QED) is 0.507. The van der Waals surface area contributed by atoms with Crippen LogP contribution in [-0.2, 0) is 17.5 Å². The molecule has 0 bridgehead atoms. The van der Waals surface area contributed by atoms with Crippen molar-refractivity contribution in [3.8, 4) is 5.75 Å². The molecule has 2 N–H and O–H groups in total. The highest BCUT2D eigenvalue weighted by Crippen LogP contribution is 2.41. The van der Waals surface area contributed by atoms with E-state index >= 15 is 0 Å². The molecule has 6 nitrogen and oxygen atoms in total. The number of alkyl halides is 3. The van der Waals surface area contributed by atoms with Crippen LogP contribution in [0, 0.1) is 0 Å². The van der Waals surface area contributed by atoms with Crippen LogP contribution in [0.1, 0.15) is 34.5 Å². The third kappa shape index (κ3) is 3.54. The molecule has 0 fully saturated rings.